The first-order valence-electron chi connectivity index (χ1n) is 2.82. The molecule has 0 saturated heterocycles. The Bertz CT molecular complexity index is 364. The van der Waals surface area contributed by atoms with E-state index < -0.39 is 0 Å². The number of nitrogens with one attached hydrogen (secondary N) is 1. The SMILES string of the molecule is Clc1ccc2n[nH]nc2c1.[H-].[Na+]. The molecule has 2 rings (SSSR count). The predicted octanol–water partition coefficient (Wildman–Crippen LogP) is -1.27. The van der Waals surface area contributed by atoms with E-state index in [0.29, 0.717) is 5.02 Å². The first-order chi connectivity index (χ1) is 4.86. The molecule has 2 aromatic rings. The van der Waals surface area contributed by atoms with E-state index >= 15 is 0 Å². The van der Waals surface area contributed by atoms with Crippen molar-refractivity contribution in [3.63, 3.8) is 0 Å². The minimum atomic E-state index is 0. The van der Waals surface area contributed by atoms with E-state index in [-0.39, 0.29) is 31.0 Å². The summed E-state index contributed by atoms with van der Waals surface area (Å²) in [6.45, 7) is 0. The van der Waals surface area contributed by atoms with Crippen molar-refractivity contribution in [3.8, 4) is 0 Å². The maximum Gasteiger partial charge on any atom is 1.00 e. The fourth-order valence-corrected chi connectivity index (χ4v) is 0.980. The number of aromatic nitrogens is 3. The average molecular weight is 178 g/mol. The zero-order valence-corrected chi connectivity index (χ0v) is 8.76. The average Bonchev–Trinajstić information content (AvgIpc) is 2.33. The first kappa shape index (κ1) is 9.00. The summed E-state index contributed by atoms with van der Waals surface area (Å²) in [5.74, 6) is 0. The topological polar surface area (TPSA) is 41.6 Å². The predicted molar refractivity (Wildman–Crippen MR) is 40.0 cm³/mol. The molecule has 0 aliphatic rings. The molecule has 1 aromatic heterocycles. The van der Waals surface area contributed by atoms with Gasteiger partial charge in [-0.25, -0.2) is 0 Å². The Morgan fingerprint density at radius 3 is 2.82 bits per heavy atom. The fraction of sp³-hybridized carbons (Fsp3) is 0. The Labute approximate surface area is 91.9 Å². The molecule has 0 aliphatic heterocycles. The molecule has 0 spiro atoms. The van der Waals surface area contributed by atoms with Gasteiger partial charge in [-0.05, 0) is 18.2 Å². The van der Waals surface area contributed by atoms with Crippen LogP contribution in [0.1, 0.15) is 1.43 Å². The number of aromatic amines is 1. The summed E-state index contributed by atoms with van der Waals surface area (Å²) in [7, 11) is 0. The van der Waals surface area contributed by atoms with Crippen LogP contribution in [0, 0.1) is 0 Å². The standard InChI is InChI=1S/C6H4ClN3.Na.H/c7-4-1-2-5-6(3-4)9-10-8-5;;/h1-3H,(H,8,9,10);;/q;+1;-1. The Morgan fingerprint density at radius 2 is 2.00 bits per heavy atom. The van der Waals surface area contributed by atoms with Crippen molar-refractivity contribution >= 4 is 22.6 Å². The molecule has 0 fully saturated rings. The zero-order chi connectivity index (χ0) is 6.97. The Balaban J connectivity index is 0.000000605. The van der Waals surface area contributed by atoms with Crippen LogP contribution in [-0.2, 0) is 0 Å². The number of hydrogen-bond acceptors (Lipinski definition) is 2. The number of fused-ring (bicyclic) bond motifs is 1. The maximum atomic E-state index is 5.69. The number of rotatable bonds is 0. The summed E-state index contributed by atoms with van der Waals surface area (Å²) in [5.41, 5.74) is 1.64. The van der Waals surface area contributed by atoms with Gasteiger partial charge in [0.2, 0.25) is 0 Å². The molecule has 0 radical (unpaired) electrons. The van der Waals surface area contributed by atoms with E-state index in [1.165, 1.54) is 0 Å². The molecular formula is C6H5ClN3Na. The summed E-state index contributed by atoms with van der Waals surface area (Å²) in [5, 5.41) is 10.9. The van der Waals surface area contributed by atoms with Crippen molar-refractivity contribution < 1.29 is 31.0 Å². The second-order valence-corrected chi connectivity index (χ2v) is 2.39. The first-order valence-corrected chi connectivity index (χ1v) is 3.20. The number of hydrogen-bond donors (Lipinski definition) is 1. The normalized spacial score (nSPS) is 9.55. The van der Waals surface area contributed by atoms with E-state index in [1.54, 1.807) is 12.1 Å². The van der Waals surface area contributed by atoms with Crippen LogP contribution in [-0.4, -0.2) is 15.4 Å². The molecule has 0 amide bonds. The van der Waals surface area contributed by atoms with Crippen LogP contribution >= 0.6 is 11.6 Å². The molecule has 0 atom stereocenters. The zero-order valence-electron chi connectivity index (χ0n) is 7.00. The molecule has 3 nitrogen and oxygen atoms in total. The molecule has 0 aliphatic carbocycles. The van der Waals surface area contributed by atoms with Crippen LogP contribution in [0.15, 0.2) is 18.2 Å². The van der Waals surface area contributed by atoms with Crippen molar-refractivity contribution in [3.05, 3.63) is 23.2 Å². The van der Waals surface area contributed by atoms with Gasteiger partial charge in [0.05, 0.1) is 0 Å². The maximum absolute atomic E-state index is 5.69. The van der Waals surface area contributed by atoms with Gasteiger partial charge in [-0.3, -0.25) is 0 Å². The molecular weight excluding hydrogens is 173 g/mol. The van der Waals surface area contributed by atoms with Crippen LogP contribution < -0.4 is 29.6 Å². The van der Waals surface area contributed by atoms with Crippen molar-refractivity contribution in [1.29, 1.82) is 0 Å². The molecule has 1 heterocycles. The van der Waals surface area contributed by atoms with Crippen molar-refractivity contribution in [2.45, 2.75) is 0 Å². The van der Waals surface area contributed by atoms with Crippen LogP contribution in [0.25, 0.3) is 11.0 Å². The fourth-order valence-electron chi connectivity index (χ4n) is 0.813. The minimum Gasteiger partial charge on any atom is -1.00 e. The largest absolute Gasteiger partial charge is 1.00 e. The number of benzene rings is 1. The van der Waals surface area contributed by atoms with Crippen molar-refractivity contribution in [2.75, 3.05) is 0 Å². The van der Waals surface area contributed by atoms with E-state index in [2.05, 4.69) is 15.4 Å². The monoisotopic (exact) mass is 177 g/mol. The van der Waals surface area contributed by atoms with Gasteiger partial charge >= 0.3 is 29.6 Å². The molecule has 1 N–H and O–H groups in total. The Kier molecular flexibility index (Phi) is 2.90. The third kappa shape index (κ3) is 1.73. The molecule has 11 heavy (non-hydrogen) atoms. The molecule has 0 saturated carbocycles. The molecule has 1 aromatic carbocycles. The van der Waals surface area contributed by atoms with Gasteiger partial charge in [-0.15, -0.1) is 0 Å². The Hall–Kier alpha value is -0.0900. The van der Waals surface area contributed by atoms with E-state index in [4.69, 9.17) is 11.6 Å². The van der Waals surface area contributed by atoms with Crippen LogP contribution in [0.5, 0.6) is 0 Å². The van der Waals surface area contributed by atoms with Crippen LogP contribution in [0.2, 0.25) is 5.02 Å². The minimum absolute atomic E-state index is 0. The molecule has 52 valence electrons. The van der Waals surface area contributed by atoms with Gasteiger partial charge < -0.3 is 1.43 Å². The smallest absolute Gasteiger partial charge is 1.00 e. The second kappa shape index (κ2) is 3.54. The summed E-state index contributed by atoms with van der Waals surface area (Å²) in [6.07, 6.45) is 0. The number of nitrogens with zero attached hydrogens (tertiary/aromatic N) is 2. The third-order valence-electron chi connectivity index (χ3n) is 1.28. The van der Waals surface area contributed by atoms with Gasteiger partial charge in [0, 0.05) is 5.02 Å². The van der Waals surface area contributed by atoms with Gasteiger partial charge in [0.1, 0.15) is 11.0 Å². The van der Waals surface area contributed by atoms with Gasteiger partial charge in [-0.2, -0.15) is 15.4 Å². The Morgan fingerprint density at radius 1 is 1.27 bits per heavy atom. The van der Waals surface area contributed by atoms with Crippen molar-refractivity contribution in [1.82, 2.24) is 15.4 Å². The van der Waals surface area contributed by atoms with Gasteiger partial charge in [0.15, 0.2) is 0 Å². The van der Waals surface area contributed by atoms with Crippen LogP contribution in [0.3, 0.4) is 0 Å². The van der Waals surface area contributed by atoms with Crippen LogP contribution in [0.4, 0.5) is 0 Å². The second-order valence-electron chi connectivity index (χ2n) is 1.96. The van der Waals surface area contributed by atoms with Crippen molar-refractivity contribution in [2.24, 2.45) is 0 Å². The van der Waals surface area contributed by atoms with Gasteiger partial charge in [0.25, 0.3) is 0 Å². The third-order valence-corrected chi connectivity index (χ3v) is 1.51. The quantitative estimate of drug-likeness (QED) is 0.510. The summed E-state index contributed by atoms with van der Waals surface area (Å²) in [4.78, 5) is 0. The molecule has 0 bridgehead atoms. The number of H-pyrrole nitrogens is 1. The molecule has 5 heteroatoms. The summed E-state index contributed by atoms with van der Waals surface area (Å²) < 4.78 is 0. The summed E-state index contributed by atoms with van der Waals surface area (Å²) >= 11 is 5.69. The van der Waals surface area contributed by atoms with Gasteiger partial charge in [-0.1, -0.05) is 11.6 Å². The molecule has 0 unspecified atom stereocenters. The number of halogens is 1. The van der Waals surface area contributed by atoms with E-state index in [9.17, 15) is 0 Å². The summed E-state index contributed by atoms with van der Waals surface area (Å²) in [6, 6.07) is 5.37. The van der Waals surface area contributed by atoms with E-state index in [1.807, 2.05) is 6.07 Å². The van der Waals surface area contributed by atoms with E-state index in [0.717, 1.165) is 11.0 Å².